The Hall–Kier alpha value is -1.85. The van der Waals surface area contributed by atoms with Gasteiger partial charge in [0, 0.05) is 25.0 Å². The lowest BCUT2D eigenvalue weighted by Gasteiger charge is -2.33. The number of carboxylic acids is 1. The molecule has 114 valence electrons. The molecule has 3 rings (SSSR count). The third kappa shape index (κ3) is 2.80. The Balaban J connectivity index is 1.76. The molecular weight excluding hydrogens is 270 g/mol. The molecule has 2 saturated carbocycles. The molecule has 0 aromatic carbocycles. The average Bonchev–Trinajstić information content (AvgIpc) is 3.32. The van der Waals surface area contributed by atoms with Gasteiger partial charge < -0.3 is 15.0 Å². The predicted octanol–water partition coefficient (Wildman–Crippen LogP) is 2.03. The summed E-state index contributed by atoms with van der Waals surface area (Å²) < 4.78 is 1.70. The van der Waals surface area contributed by atoms with Gasteiger partial charge in [-0.3, -0.25) is 9.59 Å². The van der Waals surface area contributed by atoms with Crippen molar-refractivity contribution >= 4 is 11.8 Å². The van der Waals surface area contributed by atoms with Gasteiger partial charge >= 0.3 is 5.97 Å². The Morgan fingerprint density at radius 2 is 2.10 bits per heavy atom. The smallest absolute Gasteiger partial charge is 0.311 e. The van der Waals surface area contributed by atoms with Crippen molar-refractivity contribution in [1.29, 1.82) is 0 Å². The van der Waals surface area contributed by atoms with Crippen LogP contribution in [0.2, 0.25) is 0 Å². The van der Waals surface area contributed by atoms with Crippen LogP contribution in [0.1, 0.15) is 51.0 Å². The fourth-order valence-corrected chi connectivity index (χ4v) is 3.13. The van der Waals surface area contributed by atoms with Crippen LogP contribution in [-0.2, 0) is 4.79 Å². The maximum atomic E-state index is 12.3. The molecular formula is C15H21N3O3. The van der Waals surface area contributed by atoms with Crippen LogP contribution in [0.25, 0.3) is 0 Å². The lowest BCUT2D eigenvalue weighted by Crippen LogP contribution is -2.40. The molecule has 0 saturated heterocycles. The number of nitrogens with zero attached hydrogens (tertiary/aromatic N) is 2. The number of aliphatic carboxylic acids is 1. The molecule has 0 bridgehead atoms. The SMILES string of the molecule is O=C(O)C1(CNc2nccn(C3CC3)c2=O)CCCCC1. The first-order valence-electron chi connectivity index (χ1n) is 7.67. The van der Waals surface area contributed by atoms with E-state index in [9.17, 15) is 14.7 Å². The molecule has 0 amide bonds. The highest BCUT2D eigenvalue weighted by Gasteiger charge is 2.39. The highest BCUT2D eigenvalue weighted by molar-refractivity contribution is 5.75. The summed E-state index contributed by atoms with van der Waals surface area (Å²) in [6.45, 7) is 0.277. The lowest BCUT2D eigenvalue weighted by atomic mass is 9.74. The number of aromatic nitrogens is 2. The molecule has 0 atom stereocenters. The van der Waals surface area contributed by atoms with Crippen molar-refractivity contribution in [2.75, 3.05) is 11.9 Å². The molecule has 0 aliphatic heterocycles. The first-order valence-corrected chi connectivity index (χ1v) is 7.67. The number of rotatable bonds is 5. The molecule has 6 heteroatoms. The second kappa shape index (κ2) is 5.50. The van der Waals surface area contributed by atoms with Gasteiger partial charge in [-0.2, -0.15) is 0 Å². The third-order valence-electron chi connectivity index (χ3n) is 4.67. The molecule has 1 heterocycles. The van der Waals surface area contributed by atoms with Crippen LogP contribution in [0.4, 0.5) is 5.82 Å². The van der Waals surface area contributed by atoms with Crippen molar-refractivity contribution in [1.82, 2.24) is 9.55 Å². The number of carbonyl (C=O) groups is 1. The summed E-state index contributed by atoms with van der Waals surface area (Å²) >= 11 is 0. The van der Waals surface area contributed by atoms with E-state index in [1.807, 2.05) is 0 Å². The molecule has 2 N–H and O–H groups in total. The van der Waals surface area contributed by atoms with Gasteiger partial charge in [0.15, 0.2) is 5.82 Å². The second-order valence-corrected chi connectivity index (χ2v) is 6.22. The van der Waals surface area contributed by atoms with Gasteiger partial charge in [-0.1, -0.05) is 19.3 Å². The van der Waals surface area contributed by atoms with Gasteiger partial charge in [0.05, 0.1) is 5.41 Å². The van der Waals surface area contributed by atoms with Crippen LogP contribution in [0.15, 0.2) is 17.2 Å². The Labute approximate surface area is 123 Å². The van der Waals surface area contributed by atoms with E-state index in [0.29, 0.717) is 18.9 Å². The minimum atomic E-state index is -0.770. The first kappa shape index (κ1) is 14.1. The molecule has 2 aliphatic rings. The first-order chi connectivity index (χ1) is 10.1. The van der Waals surface area contributed by atoms with Crippen LogP contribution in [-0.4, -0.2) is 27.2 Å². The number of nitrogens with one attached hydrogen (secondary N) is 1. The van der Waals surface area contributed by atoms with Gasteiger partial charge in [-0.05, 0) is 25.7 Å². The number of anilines is 1. The molecule has 1 aromatic rings. The Kier molecular flexibility index (Phi) is 3.69. The summed E-state index contributed by atoms with van der Waals surface area (Å²) in [5, 5.41) is 12.5. The Morgan fingerprint density at radius 3 is 2.71 bits per heavy atom. The van der Waals surface area contributed by atoms with Crippen LogP contribution >= 0.6 is 0 Å². The summed E-state index contributed by atoms with van der Waals surface area (Å²) in [5.41, 5.74) is -0.900. The van der Waals surface area contributed by atoms with E-state index in [0.717, 1.165) is 32.1 Å². The molecule has 0 radical (unpaired) electrons. The lowest BCUT2D eigenvalue weighted by molar-refractivity contribution is -0.150. The van der Waals surface area contributed by atoms with E-state index >= 15 is 0 Å². The number of carboxylic acid groups (broad SMARTS) is 1. The Bertz CT molecular complexity index is 586. The summed E-state index contributed by atoms with van der Waals surface area (Å²) in [6.07, 6.45) is 9.66. The van der Waals surface area contributed by atoms with Crippen molar-refractivity contribution in [3.63, 3.8) is 0 Å². The van der Waals surface area contributed by atoms with Gasteiger partial charge in [-0.25, -0.2) is 4.98 Å². The molecule has 2 fully saturated rings. The normalized spacial score (nSPS) is 21.0. The zero-order valence-corrected chi connectivity index (χ0v) is 12.0. The van der Waals surface area contributed by atoms with E-state index in [1.54, 1.807) is 17.0 Å². The van der Waals surface area contributed by atoms with Crippen LogP contribution in [0.5, 0.6) is 0 Å². The van der Waals surface area contributed by atoms with Crippen molar-refractivity contribution in [3.05, 3.63) is 22.7 Å². The van der Waals surface area contributed by atoms with Crippen molar-refractivity contribution in [3.8, 4) is 0 Å². The second-order valence-electron chi connectivity index (χ2n) is 6.22. The molecule has 1 aromatic heterocycles. The van der Waals surface area contributed by atoms with Gasteiger partial charge in [0.1, 0.15) is 0 Å². The highest BCUT2D eigenvalue weighted by atomic mass is 16.4. The van der Waals surface area contributed by atoms with Crippen LogP contribution in [0, 0.1) is 5.41 Å². The van der Waals surface area contributed by atoms with Gasteiger partial charge in [0.25, 0.3) is 5.56 Å². The average molecular weight is 291 g/mol. The molecule has 0 spiro atoms. The van der Waals surface area contributed by atoms with E-state index in [2.05, 4.69) is 10.3 Å². The zero-order valence-electron chi connectivity index (χ0n) is 12.0. The zero-order chi connectivity index (χ0) is 14.9. The predicted molar refractivity (Wildman–Crippen MR) is 78.4 cm³/mol. The topological polar surface area (TPSA) is 84.2 Å². The monoisotopic (exact) mass is 291 g/mol. The fraction of sp³-hybridized carbons (Fsp3) is 0.667. The van der Waals surface area contributed by atoms with Crippen molar-refractivity contribution < 1.29 is 9.90 Å². The van der Waals surface area contributed by atoms with E-state index < -0.39 is 11.4 Å². The van der Waals surface area contributed by atoms with Crippen molar-refractivity contribution in [2.24, 2.45) is 5.41 Å². The highest BCUT2D eigenvalue weighted by Crippen LogP contribution is 2.37. The summed E-state index contributed by atoms with van der Waals surface area (Å²) in [6, 6.07) is 0.296. The quantitative estimate of drug-likeness (QED) is 0.867. The Morgan fingerprint density at radius 1 is 1.38 bits per heavy atom. The summed E-state index contributed by atoms with van der Waals surface area (Å²) in [4.78, 5) is 28.0. The van der Waals surface area contributed by atoms with Gasteiger partial charge in [0.2, 0.25) is 0 Å². The summed E-state index contributed by atoms with van der Waals surface area (Å²) in [7, 11) is 0. The molecule has 0 unspecified atom stereocenters. The molecule has 2 aliphatic carbocycles. The fourth-order valence-electron chi connectivity index (χ4n) is 3.13. The van der Waals surface area contributed by atoms with Crippen LogP contribution < -0.4 is 10.9 Å². The number of hydrogen-bond donors (Lipinski definition) is 2. The molecule has 6 nitrogen and oxygen atoms in total. The van der Waals surface area contributed by atoms with E-state index in [-0.39, 0.29) is 17.9 Å². The third-order valence-corrected chi connectivity index (χ3v) is 4.67. The minimum Gasteiger partial charge on any atom is -0.481 e. The van der Waals surface area contributed by atoms with E-state index in [4.69, 9.17) is 0 Å². The van der Waals surface area contributed by atoms with Crippen LogP contribution in [0.3, 0.4) is 0 Å². The minimum absolute atomic E-state index is 0.142. The molecule has 21 heavy (non-hydrogen) atoms. The van der Waals surface area contributed by atoms with Crippen molar-refractivity contribution in [2.45, 2.75) is 51.0 Å². The summed E-state index contributed by atoms with van der Waals surface area (Å²) in [5.74, 6) is -0.497. The van der Waals surface area contributed by atoms with Gasteiger partial charge in [-0.15, -0.1) is 0 Å². The maximum Gasteiger partial charge on any atom is 0.311 e. The van der Waals surface area contributed by atoms with E-state index in [1.165, 1.54) is 0 Å². The largest absolute Gasteiger partial charge is 0.481 e. The standard InChI is InChI=1S/C15H21N3O3/c19-13-12(16-8-9-18(13)11-4-5-11)17-10-15(14(20)21)6-2-1-3-7-15/h8-9,11H,1-7,10H2,(H,16,17)(H,20,21). The number of hydrogen-bond acceptors (Lipinski definition) is 4. The maximum absolute atomic E-state index is 12.3.